The van der Waals surface area contributed by atoms with Gasteiger partial charge in [-0.1, -0.05) is 103 Å². The van der Waals surface area contributed by atoms with E-state index in [4.69, 9.17) is 9.97 Å². The van der Waals surface area contributed by atoms with Gasteiger partial charge in [-0.2, -0.15) is 0 Å². The van der Waals surface area contributed by atoms with Gasteiger partial charge in [-0.15, -0.1) is 0 Å². The van der Waals surface area contributed by atoms with Crippen LogP contribution in [-0.2, 0) is 0 Å². The average Bonchev–Trinajstić information content (AvgIpc) is 4.08. The summed E-state index contributed by atoms with van der Waals surface area (Å²) >= 11 is 0. The van der Waals surface area contributed by atoms with Crippen molar-refractivity contribution in [1.82, 2.24) is 32.5 Å². The first kappa shape index (κ1) is 34.1. The zero-order valence-corrected chi connectivity index (χ0v) is 33.8. The molecule has 0 N–H and O–H groups in total. The molecule has 7 heteroatoms. The molecule has 0 aliphatic heterocycles. The van der Waals surface area contributed by atoms with E-state index in [2.05, 4.69) is 235 Å². The fourth-order valence-electron chi connectivity index (χ4n) is 10.2. The average molecular weight is 806 g/mol. The molecule has 0 atom stereocenters. The highest BCUT2D eigenvalue weighted by Crippen LogP contribution is 2.40. The molecule has 0 saturated carbocycles. The molecule has 0 unspecified atom stereocenters. The van der Waals surface area contributed by atoms with Gasteiger partial charge in [0, 0.05) is 32.9 Å². The minimum Gasteiger partial charge on any atom is -0.309 e. The summed E-state index contributed by atoms with van der Waals surface area (Å²) in [6, 6.07) is 76.1. The third-order valence-corrected chi connectivity index (χ3v) is 12.9. The normalized spacial score (nSPS) is 12.1. The molecule has 7 nitrogen and oxygen atoms in total. The summed E-state index contributed by atoms with van der Waals surface area (Å²) in [5.41, 5.74) is 16.2. The van der Waals surface area contributed by atoms with Crippen molar-refractivity contribution in [1.29, 1.82) is 0 Å². The molecule has 0 amide bonds. The number of nitrogens with zero attached hydrogens (tertiary/aromatic N) is 7. The number of rotatable bonds is 4. The van der Waals surface area contributed by atoms with Gasteiger partial charge in [0.25, 0.3) is 0 Å². The molecule has 0 spiro atoms. The molecule has 14 aromatic rings. The van der Waals surface area contributed by atoms with Crippen LogP contribution in [0.25, 0.3) is 116 Å². The monoisotopic (exact) mass is 805 g/mol. The summed E-state index contributed by atoms with van der Waals surface area (Å²) < 4.78 is 11.6. The van der Waals surface area contributed by atoms with Crippen LogP contribution in [0.3, 0.4) is 0 Å². The molecular weight excluding hydrogens is 771 g/mol. The SMILES string of the molecule is c1ccc(-n2c3ccccc3c3cc(-c4ccc5c(c4)c4cc(-n6c7nc8ccccc8n7c7ccccc7n7c8ccccc8nc67)ccc4n5-c4ccccc4)ccc32)cc1. The van der Waals surface area contributed by atoms with Gasteiger partial charge in [-0.3, -0.25) is 8.80 Å². The zero-order chi connectivity index (χ0) is 41.2. The standard InChI is InChI=1S/C56H35N7/c1-3-15-38(16-4-1)59-47-22-10-7-19-41(47)42-33-36(27-30-48(42)59)37-28-31-49-43(34-37)44-35-40(29-32-50(44)60(49)39-17-5-2-6-18-39)61-55-57-45-20-8-11-23-51(45)62(55)53-25-13-14-26-54(53)63-52-24-12-9-21-46(52)58-56(61)63/h1-35H. The molecule has 0 bridgehead atoms. The second-order valence-electron chi connectivity index (χ2n) is 16.3. The number of para-hydroxylation sites is 9. The third kappa shape index (κ3) is 4.84. The Morgan fingerprint density at radius 1 is 0.254 bits per heavy atom. The van der Waals surface area contributed by atoms with E-state index < -0.39 is 0 Å². The zero-order valence-electron chi connectivity index (χ0n) is 33.8. The van der Waals surface area contributed by atoms with Gasteiger partial charge in [0.05, 0.1) is 60.9 Å². The van der Waals surface area contributed by atoms with Gasteiger partial charge in [-0.25, -0.2) is 14.5 Å². The molecule has 0 aliphatic rings. The summed E-state index contributed by atoms with van der Waals surface area (Å²) in [6.45, 7) is 0. The van der Waals surface area contributed by atoms with Crippen molar-refractivity contribution in [3.63, 3.8) is 0 Å². The molecule has 5 aromatic heterocycles. The minimum absolute atomic E-state index is 0.785. The highest BCUT2D eigenvalue weighted by molar-refractivity contribution is 6.13. The van der Waals surface area contributed by atoms with Crippen molar-refractivity contribution >= 4 is 88.3 Å². The van der Waals surface area contributed by atoms with Crippen LogP contribution < -0.4 is 0 Å². The van der Waals surface area contributed by atoms with Crippen molar-refractivity contribution in [3.8, 4) is 28.2 Å². The van der Waals surface area contributed by atoms with E-state index in [-0.39, 0.29) is 0 Å². The Hall–Kier alpha value is -8.68. The predicted octanol–water partition coefficient (Wildman–Crippen LogP) is 13.7. The Balaban J connectivity index is 1.07. The maximum atomic E-state index is 5.38. The Labute approximate surface area is 359 Å². The van der Waals surface area contributed by atoms with Crippen LogP contribution in [0.1, 0.15) is 0 Å². The lowest BCUT2D eigenvalue weighted by Gasteiger charge is -2.10. The van der Waals surface area contributed by atoms with Crippen molar-refractivity contribution < 1.29 is 0 Å². The van der Waals surface area contributed by atoms with E-state index in [0.717, 1.165) is 83.7 Å². The van der Waals surface area contributed by atoms with Crippen molar-refractivity contribution in [3.05, 3.63) is 212 Å². The van der Waals surface area contributed by atoms with E-state index in [1.54, 1.807) is 0 Å². The minimum atomic E-state index is 0.785. The van der Waals surface area contributed by atoms with Gasteiger partial charge in [0.1, 0.15) is 0 Å². The van der Waals surface area contributed by atoms with E-state index in [1.165, 1.54) is 32.8 Å². The van der Waals surface area contributed by atoms with Crippen LogP contribution in [0.15, 0.2) is 212 Å². The Kier molecular flexibility index (Phi) is 6.98. The van der Waals surface area contributed by atoms with Crippen LogP contribution in [0.5, 0.6) is 0 Å². The second-order valence-corrected chi connectivity index (χ2v) is 16.3. The first-order valence-corrected chi connectivity index (χ1v) is 21.3. The largest absolute Gasteiger partial charge is 0.309 e. The topological polar surface area (TPSA) is 49.4 Å². The molecular formula is C56H35N7. The number of imidazole rings is 2. The Morgan fingerprint density at radius 3 is 1.19 bits per heavy atom. The fourth-order valence-corrected chi connectivity index (χ4v) is 10.2. The molecule has 5 heterocycles. The number of hydrogen-bond donors (Lipinski definition) is 0. The van der Waals surface area contributed by atoms with Gasteiger partial charge in [0.15, 0.2) is 0 Å². The summed E-state index contributed by atoms with van der Waals surface area (Å²) in [7, 11) is 0. The Morgan fingerprint density at radius 2 is 0.651 bits per heavy atom. The summed E-state index contributed by atoms with van der Waals surface area (Å²) in [5.74, 6) is 1.57. The molecule has 0 saturated heterocycles. The summed E-state index contributed by atoms with van der Waals surface area (Å²) in [4.78, 5) is 10.8. The number of benzene rings is 9. The van der Waals surface area contributed by atoms with Gasteiger partial charge in [-0.05, 0) is 120 Å². The number of fused-ring (bicyclic) bond motifs is 15. The predicted molar refractivity (Wildman–Crippen MR) is 259 cm³/mol. The highest BCUT2D eigenvalue weighted by atomic mass is 15.3. The summed E-state index contributed by atoms with van der Waals surface area (Å²) in [5, 5.41) is 4.78. The lowest BCUT2D eigenvalue weighted by atomic mass is 10.0. The van der Waals surface area contributed by atoms with E-state index in [1.807, 2.05) is 0 Å². The summed E-state index contributed by atoms with van der Waals surface area (Å²) in [6.07, 6.45) is 0. The highest BCUT2D eigenvalue weighted by Gasteiger charge is 2.21. The fraction of sp³-hybridized carbons (Fsp3) is 0. The van der Waals surface area contributed by atoms with Crippen molar-refractivity contribution in [2.24, 2.45) is 0 Å². The van der Waals surface area contributed by atoms with Crippen molar-refractivity contribution in [2.75, 3.05) is 0 Å². The van der Waals surface area contributed by atoms with E-state index in [0.29, 0.717) is 0 Å². The first-order valence-electron chi connectivity index (χ1n) is 21.3. The molecule has 14 rings (SSSR count). The maximum Gasteiger partial charge on any atom is 0.223 e. The van der Waals surface area contributed by atoms with E-state index in [9.17, 15) is 0 Å². The van der Waals surface area contributed by atoms with Crippen LogP contribution in [0.2, 0.25) is 0 Å². The van der Waals surface area contributed by atoms with Crippen molar-refractivity contribution in [2.45, 2.75) is 0 Å². The van der Waals surface area contributed by atoms with Crippen LogP contribution in [0, 0.1) is 0 Å². The third-order valence-electron chi connectivity index (χ3n) is 12.9. The molecule has 9 aromatic carbocycles. The lowest BCUT2D eigenvalue weighted by Crippen LogP contribution is -2.02. The van der Waals surface area contributed by atoms with Gasteiger partial charge >= 0.3 is 0 Å². The van der Waals surface area contributed by atoms with Gasteiger partial charge < -0.3 is 9.13 Å². The number of hydrogen-bond acceptors (Lipinski definition) is 2. The van der Waals surface area contributed by atoms with Gasteiger partial charge in [0.2, 0.25) is 11.6 Å². The molecule has 63 heavy (non-hydrogen) atoms. The molecule has 0 aliphatic carbocycles. The Bertz CT molecular complexity index is 4090. The second kappa shape index (κ2) is 12.9. The lowest BCUT2D eigenvalue weighted by molar-refractivity contribution is 1.03. The number of aromatic nitrogens is 7. The quantitative estimate of drug-likeness (QED) is 0.178. The van der Waals surface area contributed by atoms with Crippen LogP contribution >= 0.6 is 0 Å². The maximum absolute atomic E-state index is 5.38. The molecule has 294 valence electrons. The van der Waals surface area contributed by atoms with Crippen LogP contribution in [-0.4, -0.2) is 32.5 Å². The van der Waals surface area contributed by atoms with Crippen LogP contribution in [0.4, 0.5) is 0 Å². The molecule has 0 radical (unpaired) electrons. The van der Waals surface area contributed by atoms with E-state index >= 15 is 0 Å². The smallest absolute Gasteiger partial charge is 0.223 e. The molecule has 0 fully saturated rings. The first-order chi connectivity index (χ1) is 31.3.